The number of carbonyl (C=O) groups excluding carboxylic acids is 2. The molecule has 0 radical (unpaired) electrons. The molecule has 0 amide bonds. The van der Waals surface area contributed by atoms with Gasteiger partial charge in [0.05, 0.1) is 6.42 Å². The number of rotatable bonds is 4. The van der Waals surface area contributed by atoms with Crippen LogP contribution in [0.25, 0.3) is 0 Å². The van der Waals surface area contributed by atoms with Crippen molar-refractivity contribution >= 4 is 22.7 Å². The quantitative estimate of drug-likeness (QED) is 0.586. The summed E-state index contributed by atoms with van der Waals surface area (Å²) >= 11 is 1.24. The first-order valence-corrected chi connectivity index (χ1v) is 4.30. The number of thioether (sulfide) groups is 1. The Hall–Kier alpha value is -0.310. The molecule has 0 fully saturated rings. The fourth-order valence-electron chi connectivity index (χ4n) is 0.470. The lowest BCUT2D eigenvalue weighted by molar-refractivity contribution is -0.121. The third-order valence-corrected chi connectivity index (χ3v) is 1.94. The van der Waals surface area contributed by atoms with E-state index in [9.17, 15) is 9.59 Å². The fraction of sp³-hybridized carbons (Fsp3) is 0.714. The largest absolute Gasteiger partial charge is 0.300 e. The Morgan fingerprint density at radius 3 is 2.40 bits per heavy atom. The van der Waals surface area contributed by atoms with Crippen LogP contribution in [0.2, 0.25) is 0 Å². The van der Waals surface area contributed by atoms with Crippen molar-refractivity contribution in [2.24, 2.45) is 0 Å². The zero-order chi connectivity index (χ0) is 7.98. The lowest BCUT2D eigenvalue weighted by Crippen LogP contribution is -2.00. The molecule has 0 aliphatic heterocycles. The molecule has 0 aliphatic carbocycles. The Morgan fingerprint density at radius 1 is 1.40 bits per heavy atom. The van der Waals surface area contributed by atoms with Crippen molar-refractivity contribution in [2.45, 2.75) is 26.7 Å². The summed E-state index contributed by atoms with van der Waals surface area (Å²) in [6.07, 6.45) is 1.07. The minimum absolute atomic E-state index is 0.00523. The Morgan fingerprint density at radius 2 is 2.00 bits per heavy atom. The van der Waals surface area contributed by atoms with Crippen molar-refractivity contribution < 1.29 is 9.59 Å². The van der Waals surface area contributed by atoms with Crippen LogP contribution in [0.1, 0.15) is 26.7 Å². The van der Waals surface area contributed by atoms with Gasteiger partial charge in [0.25, 0.3) is 0 Å². The van der Waals surface area contributed by atoms with E-state index < -0.39 is 0 Å². The maximum atomic E-state index is 10.8. The predicted molar refractivity (Wildman–Crippen MR) is 43.1 cm³/mol. The maximum absolute atomic E-state index is 10.8. The summed E-state index contributed by atoms with van der Waals surface area (Å²) in [5.74, 6) is 0.778. The molecule has 0 N–H and O–H groups in total. The van der Waals surface area contributed by atoms with Crippen LogP contribution in [0.5, 0.6) is 0 Å². The first kappa shape index (κ1) is 9.69. The van der Waals surface area contributed by atoms with Crippen molar-refractivity contribution in [1.82, 2.24) is 0 Å². The van der Waals surface area contributed by atoms with Crippen molar-refractivity contribution in [1.29, 1.82) is 0 Å². The van der Waals surface area contributed by atoms with Crippen LogP contribution in [0.3, 0.4) is 0 Å². The monoisotopic (exact) mass is 160 g/mol. The fourth-order valence-corrected chi connectivity index (χ4v) is 1.21. The smallest absolute Gasteiger partial charge is 0.196 e. The average Bonchev–Trinajstić information content (AvgIpc) is 1.82. The van der Waals surface area contributed by atoms with Crippen molar-refractivity contribution in [2.75, 3.05) is 5.75 Å². The van der Waals surface area contributed by atoms with Crippen LogP contribution in [-0.2, 0) is 9.59 Å². The second-order valence-electron chi connectivity index (χ2n) is 2.10. The minimum Gasteiger partial charge on any atom is -0.300 e. The van der Waals surface area contributed by atoms with Gasteiger partial charge in [0.2, 0.25) is 0 Å². The molecule has 58 valence electrons. The molecule has 0 aromatic carbocycles. The first-order valence-electron chi connectivity index (χ1n) is 3.32. The van der Waals surface area contributed by atoms with E-state index in [0.29, 0.717) is 0 Å². The van der Waals surface area contributed by atoms with Gasteiger partial charge in [-0.25, -0.2) is 0 Å². The van der Waals surface area contributed by atoms with Gasteiger partial charge in [-0.05, 0) is 13.3 Å². The van der Waals surface area contributed by atoms with E-state index in [2.05, 4.69) is 0 Å². The zero-order valence-corrected chi connectivity index (χ0v) is 7.16. The third-order valence-electron chi connectivity index (χ3n) is 0.860. The summed E-state index contributed by atoms with van der Waals surface area (Å²) in [4.78, 5) is 21.1. The number of ketones is 1. The molecule has 2 nitrogen and oxygen atoms in total. The summed E-state index contributed by atoms with van der Waals surface area (Å²) in [6, 6.07) is 0. The molecule has 3 heteroatoms. The molecule has 0 spiro atoms. The van der Waals surface area contributed by atoms with E-state index in [1.54, 1.807) is 0 Å². The molecule has 0 aromatic heterocycles. The summed E-state index contributed by atoms with van der Waals surface area (Å²) < 4.78 is 0. The first-order chi connectivity index (χ1) is 4.66. The summed E-state index contributed by atoms with van der Waals surface area (Å²) in [5, 5.41) is -0.00523. The number of Topliss-reactive ketones (excluding diaryl/α,β-unsaturated/α-hetero) is 1. The van der Waals surface area contributed by atoms with Crippen molar-refractivity contribution in [3.63, 3.8) is 0 Å². The Labute approximate surface area is 65.4 Å². The summed E-state index contributed by atoms with van der Waals surface area (Å²) in [6.45, 7) is 3.44. The molecule has 0 bridgehead atoms. The van der Waals surface area contributed by atoms with E-state index in [1.807, 2.05) is 6.92 Å². The molecule has 0 aliphatic rings. The molecule has 0 saturated heterocycles. The van der Waals surface area contributed by atoms with Gasteiger partial charge in [-0.15, -0.1) is 0 Å². The second kappa shape index (κ2) is 5.47. The van der Waals surface area contributed by atoms with Crippen LogP contribution in [0.15, 0.2) is 0 Å². The maximum Gasteiger partial charge on any atom is 0.196 e. The van der Waals surface area contributed by atoms with Gasteiger partial charge in [-0.3, -0.25) is 9.59 Å². The highest BCUT2D eigenvalue weighted by atomic mass is 32.2. The molecule has 0 unspecified atom stereocenters. The number of hydrogen-bond donors (Lipinski definition) is 0. The van der Waals surface area contributed by atoms with Crippen LogP contribution >= 0.6 is 11.8 Å². The molecular formula is C7H12O2S. The molecule has 0 heterocycles. The van der Waals surface area contributed by atoms with Gasteiger partial charge in [0.1, 0.15) is 5.78 Å². The Bertz CT molecular complexity index is 132. The van der Waals surface area contributed by atoms with Gasteiger partial charge < -0.3 is 0 Å². The molecule has 10 heavy (non-hydrogen) atoms. The average molecular weight is 160 g/mol. The lowest BCUT2D eigenvalue weighted by Gasteiger charge is -1.93. The lowest BCUT2D eigenvalue weighted by atomic mass is 10.3. The number of carbonyl (C=O) groups is 2. The van der Waals surface area contributed by atoms with Gasteiger partial charge in [0, 0.05) is 5.75 Å². The van der Waals surface area contributed by atoms with Gasteiger partial charge in [-0.2, -0.15) is 0 Å². The van der Waals surface area contributed by atoms with Crippen LogP contribution in [0.4, 0.5) is 0 Å². The van der Waals surface area contributed by atoms with E-state index in [4.69, 9.17) is 0 Å². The molecule has 0 saturated carbocycles. The molecule has 0 aromatic rings. The third kappa shape index (κ3) is 5.82. The van der Waals surface area contributed by atoms with Gasteiger partial charge in [0.15, 0.2) is 5.12 Å². The number of hydrogen-bond acceptors (Lipinski definition) is 3. The van der Waals surface area contributed by atoms with Crippen molar-refractivity contribution in [3.05, 3.63) is 0 Å². The molecule has 0 rings (SSSR count). The standard InChI is InChI=1S/C7H12O2S/c1-3-4-10-7(9)5-6(2)8/h3-5H2,1-2H3. The highest BCUT2D eigenvalue weighted by molar-refractivity contribution is 8.13. The van der Waals surface area contributed by atoms with Gasteiger partial charge in [-0.1, -0.05) is 18.7 Å². The Balaban J connectivity index is 3.35. The molecule has 0 atom stereocenters. The Kier molecular flexibility index (Phi) is 5.30. The van der Waals surface area contributed by atoms with Crippen LogP contribution in [-0.4, -0.2) is 16.7 Å². The van der Waals surface area contributed by atoms with E-state index in [0.717, 1.165) is 12.2 Å². The predicted octanol–water partition coefficient (Wildman–Crippen LogP) is 1.64. The van der Waals surface area contributed by atoms with E-state index >= 15 is 0 Å². The van der Waals surface area contributed by atoms with E-state index in [-0.39, 0.29) is 17.3 Å². The minimum atomic E-state index is -0.0476. The highest BCUT2D eigenvalue weighted by Gasteiger charge is 2.03. The summed E-state index contributed by atoms with van der Waals surface area (Å²) in [7, 11) is 0. The zero-order valence-electron chi connectivity index (χ0n) is 6.35. The highest BCUT2D eigenvalue weighted by Crippen LogP contribution is 2.06. The normalized spacial score (nSPS) is 9.40. The van der Waals surface area contributed by atoms with Crippen LogP contribution < -0.4 is 0 Å². The SMILES string of the molecule is CCCSC(=O)CC(C)=O. The van der Waals surface area contributed by atoms with E-state index in [1.165, 1.54) is 18.7 Å². The van der Waals surface area contributed by atoms with Gasteiger partial charge >= 0.3 is 0 Å². The summed E-state index contributed by atoms with van der Waals surface area (Å²) in [5.41, 5.74) is 0. The second-order valence-corrected chi connectivity index (χ2v) is 3.25. The van der Waals surface area contributed by atoms with Crippen molar-refractivity contribution in [3.8, 4) is 0 Å². The topological polar surface area (TPSA) is 34.1 Å². The molecular weight excluding hydrogens is 148 g/mol. The van der Waals surface area contributed by atoms with Crippen LogP contribution in [0, 0.1) is 0 Å².